The summed E-state index contributed by atoms with van der Waals surface area (Å²) in [5.41, 5.74) is 0.845. The molecule has 2 aromatic carbocycles. The maximum absolute atomic E-state index is 12.4. The zero-order valence-corrected chi connectivity index (χ0v) is 17.3. The summed E-state index contributed by atoms with van der Waals surface area (Å²) in [5, 5.41) is 2.70. The third kappa shape index (κ3) is 6.88. The molecular formula is C20H24N2O6S. The lowest BCUT2D eigenvalue weighted by atomic mass is 10.2. The van der Waals surface area contributed by atoms with E-state index in [4.69, 9.17) is 4.74 Å². The first-order chi connectivity index (χ1) is 13.7. The van der Waals surface area contributed by atoms with Crippen molar-refractivity contribution in [2.75, 3.05) is 25.6 Å². The molecule has 0 fully saturated rings. The van der Waals surface area contributed by atoms with Crippen molar-refractivity contribution in [1.29, 1.82) is 0 Å². The number of rotatable bonds is 9. The van der Waals surface area contributed by atoms with Crippen molar-refractivity contribution in [3.63, 3.8) is 0 Å². The smallest absolute Gasteiger partial charge is 0.320 e. The fourth-order valence-electron chi connectivity index (χ4n) is 2.22. The van der Waals surface area contributed by atoms with E-state index in [0.29, 0.717) is 29.5 Å². The molecule has 0 spiro atoms. The summed E-state index contributed by atoms with van der Waals surface area (Å²) in [4.78, 5) is 23.5. The van der Waals surface area contributed by atoms with Gasteiger partial charge in [0.05, 0.1) is 18.6 Å². The minimum absolute atomic E-state index is 0.0384. The number of anilines is 1. The predicted octanol–water partition coefficient (Wildman–Crippen LogP) is 2.42. The minimum atomic E-state index is -3.86. The van der Waals surface area contributed by atoms with Crippen molar-refractivity contribution in [2.45, 2.75) is 18.7 Å². The molecule has 8 nitrogen and oxygen atoms in total. The number of hydrogen-bond acceptors (Lipinski definition) is 6. The summed E-state index contributed by atoms with van der Waals surface area (Å²) in [5.74, 6) is -0.0784. The lowest BCUT2D eigenvalue weighted by molar-refractivity contribution is -0.139. The Balaban J connectivity index is 2.03. The first kappa shape index (κ1) is 22.4. The van der Waals surface area contributed by atoms with Gasteiger partial charge in [-0.3, -0.25) is 9.59 Å². The lowest BCUT2D eigenvalue weighted by Gasteiger charge is -2.11. The molecule has 0 radical (unpaired) electrons. The highest BCUT2D eigenvalue weighted by Crippen LogP contribution is 2.18. The largest absolute Gasteiger partial charge is 0.493 e. The molecule has 0 aliphatic heterocycles. The average molecular weight is 420 g/mol. The van der Waals surface area contributed by atoms with Gasteiger partial charge in [0.25, 0.3) is 5.91 Å². The van der Waals surface area contributed by atoms with E-state index in [0.717, 1.165) is 0 Å². The summed E-state index contributed by atoms with van der Waals surface area (Å²) < 4.78 is 36.4. The highest BCUT2D eigenvalue weighted by atomic mass is 32.2. The SMILES string of the molecule is COC(=O)CNS(=O)(=O)c1ccc(NC(=O)c2cccc(OCC(C)C)c2)cc1. The van der Waals surface area contributed by atoms with Crippen LogP contribution in [-0.4, -0.2) is 40.6 Å². The molecule has 0 atom stereocenters. The van der Waals surface area contributed by atoms with Crippen LogP contribution < -0.4 is 14.8 Å². The zero-order valence-electron chi connectivity index (χ0n) is 16.5. The quantitative estimate of drug-likeness (QED) is 0.603. The molecule has 2 rings (SSSR count). The van der Waals surface area contributed by atoms with Crippen molar-refractivity contribution in [3.8, 4) is 5.75 Å². The van der Waals surface area contributed by atoms with E-state index in [-0.39, 0.29) is 10.8 Å². The van der Waals surface area contributed by atoms with Crippen LogP contribution in [0.2, 0.25) is 0 Å². The topological polar surface area (TPSA) is 111 Å². The van der Waals surface area contributed by atoms with Gasteiger partial charge in [0.15, 0.2) is 0 Å². The summed E-state index contributed by atoms with van der Waals surface area (Å²) in [6, 6.07) is 12.4. The standard InChI is InChI=1S/C20H24N2O6S/c1-14(2)13-28-17-6-4-5-15(11-17)20(24)22-16-7-9-18(10-8-16)29(25,26)21-12-19(23)27-3/h4-11,14,21H,12-13H2,1-3H3,(H,22,24). The monoisotopic (exact) mass is 420 g/mol. The van der Waals surface area contributed by atoms with E-state index < -0.39 is 22.5 Å². The van der Waals surface area contributed by atoms with Crippen molar-refractivity contribution in [1.82, 2.24) is 4.72 Å². The van der Waals surface area contributed by atoms with Gasteiger partial charge in [0, 0.05) is 11.3 Å². The second-order valence-corrected chi connectivity index (χ2v) is 8.38. The van der Waals surface area contributed by atoms with Crippen molar-refractivity contribution in [3.05, 3.63) is 54.1 Å². The molecule has 9 heteroatoms. The summed E-state index contributed by atoms with van der Waals surface area (Å²) in [6.07, 6.45) is 0. The zero-order chi connectivity index (χ0) is 21.4. The molecule has 2 aromatic rings. The molecule has 29 heavy (non-hydrogen) atoms. The lowest BCUT2D eigenvalue weighted by Crippen LogP contribution is -2.30. The van der Waals surface area contributed by atoms with Gasteiger partial charge in [-0.1, -0.05) is 19.9 Å². The van der Waals surface area contributed by atoms with Crippen LogP contribution in [0.25, 0.3) is 0 Å². The van der Waals surface area contributed by atoms with Crippen LogP contribution in [0.3, 0.4) is 0 Å². The Hall–Kier alpha value is -2.91. The maximum Gasteiger partial charge on any atom is 0.320 e. The fourth-order valence-corrected chi connectivity index (χ4v) is 3.19. The first-order valence-electron chi connectivity index (χ1n) is 8.92. The van der Waals surface area contributed by atoms with Gasteiger partial charge < -0.3 is 14.8 Å². The molecule has 0 aliphatic carbocycles. The number of amides is 1. The van der Waals surface area contributed by atoms with E-state index in [1.807, 2.05) is 13.8 Å². The van der Waals surface area contributed by atoms with E-state index in [1.165, 1.54) is 31.4 Å². The summed E-state index contributed by atoms with van der Waals surface area (Å²) >= 11 is 0. The van der Waals surface area contributed by atoms with Crippen LogP contribution in [-0.2, 0) is 19.6 Å². The molecule has 0 aliphatic rings. The van der Waals surface area contributed by atoms with Crippen LogP contribution in [0.4, 0.5) is 5.69 Å². The molecule has 1 amide bonds. The number of nitrogens with one attached hydrogen (secondary N) is 2. The van der Waals surface area contributed by atoms with Crippen molar-refractivity contribution in [2.24, 2.45) is 5.92 Å². The Kier molecular flexibility index (Phi) is 7.74. The van der Waals surface area contributed by atoms with Crippen LogP contribution in [0.1, 0.15) is 24.2 Å². The van der Waals surface area contributed by atoms with Crippen LogP contribution in [0.5, 0.6) is 5.75 Å². The van der Waals surface area contributed by atoms with E-state index in [2.05, 4.69) is 14.8 Å². The Morgan fingerprint density at radius 3 is 2.38 bits per heavy atom. The number of ether oxygens (including phenoxy) is 2. The maximum atomic E-state index is 12.4. The molecule has 156 valence electrons. The Morgan fingerprint density at radius 1 is 1.07 bits per heavy atom. The second kappa shape index (κ2) is 10.0. The van der Waals surface area contributed by atoms with Gasteiger partial charge in [-0.15, -0.1) is 0 Å². The molecule has 0 aromatic heterocycles. The molecule has 0 saturated heterocycles. The predicted molar refractivity (Wildman–Crippen MR) is 108 cm³/mol. The van der Waals surface area contributed by atoms with Crippen LogP contribution >= 0.6 is 0 Å². The number of benzene rings is 2. The first-order valence-corrected chi connectivity index (χ1v) is 10.4. The van der Waals surface area contributed by atoms with Gasteiger partial charge in [0.2, 0.25) is 10.0 Å². The van der Waals surface area contributed by atoms with Gasteiger partial charge >= 0.3 is 5.97 Å². The molecular weight excluding hydrogens is 396 g/mol. The van der Waals surface area contributed by atoms with Gasteiger partial charge in [-0.2, -0.15) is 4.72 Å². The van der Waals surface area contributed by atoms with E-state index in [1.54, 1.807) is 24.3 Å². The average Bonchev–Trinajstić information content (AvgIpc) is 2.71. The number of sulfonamides is 1. The third-order valence-electron chi connectivity index (χ3n) is 3.74. The van der Waals surface area contributed by atoms with Gasteiger partial charge in [-0.25, -0.2) is 8.42 Å². The number of esters is 1. The number of methoxy groups -OCH3 is 1. The van der Waals surface area contributed by atoms with Crippen LogP contribution in [0.15, 0.2) is 53.4 Å². The second-order valence-electron chi connectivity index (χ2n) is 6.61. The van der Waals surface area contributed by atoms with Crippen molar-refractivity contribution < 1.29 is 27.5 Å². The molecule has 0 saturated carbocycles. The Morgan fingerprint density at radius 2 is 1.76 bits per heavy atom. The fraction of sp³-hybridized carbons (Fsp3) is 0.300. The normalized spacial score (nSPS) is 11.2. The van der Waals surface area contributed by atoms with Gasteiger partial charge in [-0.05, 0) is 48.4 Å². The summed E-state index contributed by atoms with van der Waals surface area (Å²) in [7, 11) is -2.70. The molecule has 0 unspecified atom stereocenters. The number of carbonyl (C=O) groups excluding carboxylic acids is 2. The number of carbonyl (C=O) groups is 2. The molecule has 0 bridgehead atoms. The van der Waals surface area contributed by atoms with Crippen molar-refractivity contribution >= 4 is 27.6 Å². The highest BCUT2D eigenvalue weighted by molar-refractivity contribution is 7.89. The van der Waals surface area contributed by atoms with Crippen LogP contribution in [0, 0.1) is 5.92 Å². The Labute approximate surface area is 170 Å². The number of hydrogen-bond donors (Lipinski definition) is 2. The molecule has 2 N–H and O–H groups in total. The van der Waals surface area contributed by atoms with Gasteiger partial charge in [0.1, 0.15) is 12.3 Å². The van der Waals surface area contributed by atoms with E-state index >= 15 is 0 Å². The molecule has 0 heterocycles. The minimum Gasteiger partial charge on any atom is -0.493 e. The highest BCUT2D eigenvalue weighted by Gasteiger charge is 2.16. The third-order valence-corrected chi connectivity index (χ3v) is 5.15. The Bertz CT molecular complexity index is 955. The van der Waals surface area contributed by atoms with E-state index in [9.17, 15) is 18.0 Å². The summed E-state index contributed by atoms with van der Waals surface area (Å²) in [6.45, 7) is 4.15.